The minimum atomic E-state index is 0.364. The molecule has 0 aliphatic heterocycles. The van der Waals surface area contributed by atoms with Crippen LogP contribution in [0.2, 0.25) is 0 Å². The summed E-state index contributed by atoms with van der Waals surface area (Å²) >= 11 is 1.93. The van der Waals surface area contributed by atoms with Crippen LogP contribution in [0.5, 0.6) is 0 Å². The van der Waals surface area contributed by atoms with Gasteiger partial charge in [0.2, 0.25) is 0 Å². The summed E-state index contributed by atoms with van der Waals surface area (Å²) in [6.07, 6.45) is 6.01. The van der Waals surface area contributed by atoms with Crippen molar-refractivity contribution in [2.24, 2.45) is 5.84 Å². The third-order valence-corrected chi connectivity index (χ3v) is 4.90. The second-order valence-electron chi connectivity index (χ2n) is 4.73. The minimum Gasteiger partial charge on any atom is -0.377 e. The first-order chi connectivity index (χ1) is 9.21. The first-order valence-corrected chi connectivity index (χ1v) is 7.56. The molecule has 1 aliphatic rings. The van der Waals surface area contributed by atoms with Crippen LogP contribution >= 0.6 is 11.8 Å². The molecule has 0 saturated heterocycles. The number of ether oxygens (including phenoxy) is 1. The van der Waals surface area contributed by atoms with E-state index in [4.69, 9.17) is 10.6 Å². The molecule has 7 heteroatoms. The molecule has 0 amide bonds. The monoisotopic (exact) mass is 283 g/mol. The molecule has 1 heterocycles. The summed E-state index contributed by atoms with van der Waals surface area (Å²) in [6.45, 7) is 1.29. The van der Waals surface area contributed by atoms with Crippen LogP contribution in [0.15, 0.2) is 6.07 Å². The third kappa shape index (κ3) is 3.49. The maximum Gasteiger partial charge on any atom is 0.158 e. The van der Waals surface area contributed by atoms with Crippen molar-refractivity contribution in [2.45, 2.75) is 30.6 Å². The normalized spacial score (nSPS) is 16.8. The summed E-state index contributed by atoms with van der Waals surface area (Å²) in [5.41, 5.74) is 2.55. The van der Waals surface area contributed by atoms with Crippen molar-refractivity contribution in [2.75, 3.05) is 30.7 Å². The number of anilines is 2. The van der Waals surface area contributed by atoms with Gasteiger partial charge in [0.1, 0.15) is 18.2 Å². The molecule has 0 radical (unpaired) electrons. The van der Waals surface area contributed by atoms with Crippen molar-refractivity contribution >= 4 is 23.4 Å². The lowest BCUT2D eigenvalue weighted by Crippen LogP contribution is -2.40. The van der Waals surface area contributed by atoms with Gasteiger partial charge in [-0.2, -0.15) is 11.8 Å². The number of nitrogens with zero attached hydrogens (tertiary/aromatic N) is 2. The summed E-state index contributed by atoms with van der Waals surface area (Å²) in [5, 5.41) is 3.39. The Kier molecular flexibility index (Phi) is 4.84. The fourth-order valence-corrected chi connectivity index (χ4v) is 3.04. The topological polar surface area (TPSA) is 85.1 Å². The molecule has 0 aromatic carbocycles. The van der Waals surface area contributed by atoms with Crippen molar-refractivity contribution in [3.63, 3.8) is 0 Å². The smallest absolute Gasteiger partial charge is 0.158 e. The summed E-state index contributed by atoms with van der Waals surface area (Å²) in [4.78, 5) is 8.64. The van der Waals surface area contributed by atoms with Crippen LogP contribution in [0.4, 0.5) is 11.6 Å². The van der Waals surface area contributed by atoms with E-state index in [9.17, 15) is 0 Å². The first kappa shape index (κ1) is 14.4. The van der Waals surface area contributed by atoms with E-state index in [1.165, 1.54) is 19.3 Å². The minimum absolute atomic E-state index is 0.364. The van der Waals surface area contributed by atoms with Gasteiger partial charge in [0.05, 0.1) is 0 Å². The second kappa shape index (κ2) is 6.40. The van der Waals surface area contributed by atoms with Gasteiger partial charge in [-0.1, -0.05) is 6.42 Å². The maximum absolute atomic E-state index is 5.42. The molecule has 2 rings (SSSR count). The van der Waals surface area contributed by atoms with E-state index in [1.54, 1.807) is 7.11 Å². The van der Waals surface area contributed by atoms with Crippen LogP contribution in [0.1, 0.15) is 25.1 Å². The summed E-state index contributed by atoms with van der Waals surface area (Å²) in [5.74, 6) is 7.42. The molecule has 6 nitrogen and oxygen atoms in total. The second-order valence-corrected chi connectivity index (χ2v) is 6.00. The Bertz CT molecular complexity index is 419. The molecule has 0 atom stereocenters. The lowest BCUT2D eigenvalue weighted by molar-refractivity contribution is 0.178. The summed E-state index contributed by atoms with van der Waals surface area (Å²) in [7, 11) is 1.62. The van der Waals surface area contributed by atoms with E-state index in [0.717, 1.165) is 12.4 Å². The molecule has 0 unspecified atom stereocenters. The predicted octanol–water partition coefficient (Wildman–Crippen LogP) is 1.61. The van der Waals surface area contributed by atoms with Crippen LogP contribution in [-0.2, 0) is 11.3 Å². The molecular weight excluding hydrogens is 262 g/mol. The van der Waals surface area contributed by atoms with Gasteiger partial charge in [0.15, 0.2) is 5.82 Å². The standard InChI is InChI=1S/C12H21N5OS/c1-18-7-11-15-9(6-10(16-11)17-13)14-8-12(19-2)4-3-5-12/h6H,3-5,7-8,13H2,1-2H3,(H2,14,15,16,17). The zero-order valence-corrected chi connectivity index (χ0v) is 12.2. The number of hydrazine groups is 1. The molecule has 1 aromatic heterocycles. The van der Waals surface area contributed by atoms with Crippen molar-refractivity contribution in [1.29, 1.82) is 0 Å². The number of thioether (sulfide) groups is 1. The van der Waals surface area contributed by atoms with Crippen LogP contribution < -0.4 is 16.6 Å². The average molecular weight is 283 g/mol. The summed E-state index contributed by atoms with van der Waals surface area (Å²) < 4.78 is 5.42. The van der Waals surface area contributed by atoms with Crippen LogP contribution in [0.25, 0.3) is 0 Å². The number of aromatic nitrogens is 2. The largest absolute Gasteiger partial charge is 0.377 e. The zero-order valence-electron chi connectivity index (χ0n) is 11.4. The lowest BCUT2D eigenvalue weighted by Gasteiger charge is -2.40. The Morgan fingerprint density at radius 3 is 2.68 bits per heavy atom. The van der Waals surface area contributed by atoms with Gasteiger partial charge in [-0.05, 0) is 19.1 Å². The van der Waals surface area contributed by atoms with Gasteiger partial charge in [-0.15, -0.1) is 0 Å². The third-order valence-electron chi connectivity index (χ3n) is 3.48. The number of hydrogen-bond acceptors (Lipinski definition) is 7. The van der Waals surface area contributed by atoms with Crippen molar-refractivity contribution in [3.05, 3.63) is 11.9 Å². The Morgan fingerprint density at radius 1 is 1.42 bits per heavy atom. The Hall–Kier alpha value is -1.05. The number of rotatable bonds is 7. The fraction of sp³-hybridized carbons (Fsp3) is 0.667. The van der Waals surface area contributed by atoms with E-state index in [-0.39, 0.29) is 0 Å². The van der Waals surface area contributed by atoms with E-state index in [2.05, 4.69) is 27.0 Å². The van der Waals surface area contributed by atoms with Crippen molar-refractivity contribution in [1.82, 2.24) is 9.97 Å². The van der Waals surface area contributed by atoms with Crippen LogP contribution in [0.3, 0.4) is 0 Å². The van der Waals surface area contributed by atoms with Crippen molar-refractivity contribution < 1.29 is 4.74 Å². The first-order valence-electron chi connectivity index (χ1n) is 6.34. The molecule has 0 spiro atoms. The van der Waals surface area contributed by atoms with Crippen LogP contribution in [0, 0.1) is 0 Å². The molecule has 1 saturated carbocycles. The van der Waals surface area contributed by atoms with Gasteiger partial charge >= 0.3 is 0 Å². The highest BCUT2D eigenvalue weighted by Gasteiger charge is 2.35. The molecule has 19 heavy (non-hydrogen) atoms. The number of nitrogen functional groups attached to an aromatic ring is 1. The van der Waals surface area contributed by atoms with Crippen molar-refractivity contribution in [3.8, 4) is 0 Å². The number of nitrogens with two attached hydrogens (primary N) is 1. The van der Waals surface area contributed by atoms with E-state index >= 15 is 0 Å². The molecule has 4 N–H and O–H groups in total. The van der Waals surface area contributed by atoms with Crippen LogP contribution in [-0.4, -0.2) is 34.6 Å². The van der Waals surface area contributed by atoms with E-state index < -0.39 is 0 Å². The molecule has 1 aliphatic carbocycles. The number of nitrogens with one attached hydrogen (secondary N) is 2. The lowest BCUT2D eigenvalue weighted by atomic mass is 9.84. The summed E-state index contributed by atoms with van der Waals surface area (Å²) in [6, 6.07) is 1.81. The van der Waals surface area contributed by atoms with Gasteiger partial charge in [-0.3, -0.25) is 0 Å². The highest BCUT2D eigenvalue weighted by Crippen LogP contribution is 2.42. The molecular formula is C12H21N5OS. The average Bonchev–Trinajstić information content (AvgIpc) is 2.38. The maximum atomic E-state index is 5.42. The van der Waals surface area contributed by atoms with E-state index in [1.807, 2.05) is 17.8 Å². The van der Waals surface area contributed by atoms with E-state index in [0.29, 0.717) is 23.0 Å². The Labute approximate surface area is 117 Å². The van der Waals surface area contributed by atoms with Gasteiger partial charge in [0.25, 0.3) is 0 Å². The fourth-order valence-electron chi connectivity index (χ4n) is 2.13. The quantitative estimate of drug-likeness (QED) is 0.518. The number of hydrogen-bond donors (Lipinski definition) is 3. The van der Waals surface area contributed by atoms with Gasteiger partial charge in [0, 0.05) is 24.5 Å². The molecule has 1 aromatic rings. The Balaban J connectivity index is 2.04. The van der Waals surface area contributed by atoms with Gasteiger partial charge in [-0.25, -0.2) is 15.8 Å². The zero-order chi connectivity index (χ0) is 13.7. The highest BCUT2D eigenvalue weighted by atomic mass is 32.2. The molecule has 1 fully saturated rings. The highest BCUT2D eigenvalue weighted by molar-refractivity contribution is 8.00. The molecule has 106 valence electrons. The van der Waals surface area contributed by atoms with Gasteiger partial charge < -0.3 is 15.5 Å². The number of methoxy groups -OCH3 is 1. The molecule has 0 bridgehead atoms. The Morgan fingerprint density at radius 2 is 2.16 bits per heavy atom. The SMILES string of the molecule is COCc1nc(NN)cc(NCC2(SC)CCC2)n1. The predicted molar refractivity (Wildman–Crippen MR) is 79.1 cm³/mol.